The molecule has 1 amide bonds. The molecule has 0 aromatic heterocycles. The maximum Gasteiger partial charge on any atom is 0.268 e. The van der Waals surface area contributed by atoms with Gasteiger partial charge in [-0.25, -0.2) is 8.42 Å². The van der Waals surface area contributed by atoms with Crippen molar-refractivity contribution in [1.82, 2.24) is 0 Å². The Labute approximate surface area is 177 Å². The molecule has 0 bridgehead atoms. The zero-order chi connectivity index (χ0) is 21.5. The van der Waals surface area contributed by atoms with Gasteiger partial charge in [0.2, 0.25) is 5.91 Å². The minimum absolute atomic E-state index is 0.0130. The molecule has 7 nitrogen and oxygen atoms in total. The number of methoxy groups -OCH3 is 1. The number of sulfonamides is 1. The van der Waals surface area contributed by atoms with Crippen LogP contribution in [0.3, 0.4) is 0 Å². The zero-order valence-electron chi connectivity index (χ0n) is 17.5. The number of fused-ring (bicyclic) bond motifs is 1. The van der Waals surface area contributed by atoms with E-state index in [0.29, 0.717) is 30.9 Å². The first-order valence-corrected chi connectivity index (χ1v) is 11.7. The topological polar surface area (TPSA) is 70.2 Å². The van der Waals surface area contributed by atoms with Crippen molar-refractivity contribution in [2.45, 2.75) is 37.6 Å². The van der Waals surface area contributed by atoms with E-state index < -0.39 is 10.0 Å². The monoisotopic (exact) mass is 429 g/mol. The van der Waals surface area contributed by atoms with Gasteiger partial charge in [-0.15, -0.1) is 0 Å². The summed E-state index contributed by atoms with van der Waals surface area (Å²) in [7, 11) is -2.45. The van der Waals surface area contributed by atoms with Crippen LogP contribution in [0.1, 0.15) is 26.7 Å². The molecule has 30 heavy (non-hydrogen) atoms. The fraction of sp³-hybridized carbons (Fsp3) is 0.409. The van der Waals surface area contributed by atoms with E-state index in [-0.39, 0.29) is 22.6 Å². The van der Waals surface area contributed by atoms with Gasteiger partial charge in [-0.2, -0.15) is 0 Å². The molecule has 0 radical (unpaired) electrons. The van der Waals surface area contributed by atoms with Crippen molar-refractivity contribution in [3.05, 3.63) is 42.5 Å². The molecule has 2 aliphatic heterocycles. The second kappa shape index (κ2) is 7.83. The summed E-state index contributed by atoms with van der Waals surface area (Å²) < 4.78 is 34.6. The summed E-state index contributed by atoms with van der Waals surface area (Å²) in [6.45, 7) is 5.82. The predicted molar refractivity (Wildman–Crippen MR) is 118 cm³/mol. The Morgan fingerprint density at radius 2 is 1.87 bits per heavy atom. The highest BCUT2D eigenvalue weighted by molar-refractivity contribution is 7.93. The number of anilines is 3. The molecule has 0 aliphatic carbocycles. The van der Waals surface area contributed by atoms with Crippen molar-refractivity contribution < 1.29 is 17.9 Å². The van der Waals surface area contributed by atoms with Crippen LogP contribution in [0.5, 0.6) is 5.75 Å². The van der Waals surface area contributed by atoms with Crippen LogP contribution in [0, 0.1) is 0 Å². The third kappa shape index (κ3) is 3.29. The van der Waals surface area contributed by atoms with Crippen LogP contribution < -0.4 is 18.8 Å². The second-order valence-corrected chi connectivity index (χ2v) is 9.47. The first-order valence-electron chi connectivity index (χ1n) is 10.2. The van der Waals surface area contributed by atoms with Gasteiger partial charge in [-0.05, 0) is 50.6 Å². The molecule has 2 aliphatic rings. The maximum absolute atomic E-state index is 13.8. The van der Waals surface area contributed by atoms with Crippen molar-refractivity contribution in [3.8, 4) is 5.75 Å². The standard InChI is InChI=1S/C22H27N3O4S/c1-4-23-16(2)15-25(19-9-6-5-8-18(19)23)30(27,28)21-14-17(11-12-20(21)29-3)24-13-7-10-22(24)26/h5-6,8-9,11-12,14,16H,4,7,10,13,15H2,1-3H3. The third-order valence-corrected chi connectivity index (χ3v) is 7.66. The molecule has 2 aromatic rings. The molecule has 0 spiro atoms. The number of carbonyl (C=O) groups is 1. The van der Waals surface area contributed by atoms with Gasteiger partial charge < -0.3 is 14.5 Å². The van der Waals surface area contributed by atoms with Crippen molar-refractivity contribution in [1.29, 1.82) is 0 Å². The predicted octanol–water partition coefficient (Wildman–Crippen LogP) is 3.25. The van der Waals surface area contributed by atoms with E-state index in [4.69, 9.17) is 4.74 Å². The number of ether oxygens (including phenoxy) is 1. The van der Waals surface area contributed by atoms with E-state index >= 15 is 0 Å². The van der Waals surface area contributed by atoms with Gasteiger partial charge in [-0.3, -0.25) is 9.10 Å². The lowest BCUT2D eigenvalue weighted by atomic mass is 10.1. The summed E-state index contributed by atoms with van der Waals surface area (Å²) in [6, 6.07) is 12.5. The second-order valence-electron chi connectivity index (χ2n) is 7.64. The number of benzene rings is 2. The Morgan fingerprint density at radius 3 is 2.50 bits per heavy atom. The highest BCUT2D eigenvalue weighted by atomic mass is 32.2. The summed E-state index contributed by atoms with van der Waals surface area (Å²) in [5.74, 6) is 0.285. The molecule has 2 heterocycles. The van der Waals surface area contributed by atoms with Gasteiger partial charge in [0.05, 0.1) is 25.0 Å². The van der Waals surface area contributed by atoms with Crippen LogP contribution in [-0.2, 0) is 14.8 Å². The molecule has 0 saturated carbocycles. The van der Waals surface area contributed by atoms with Crippen LogP contribution in [-0.4, -0.2) is 47.1 Å². The zero-order valence-corrected chi connectivity index (χ0v) is 18.4. The van der Waals surface area contributed by atoms with E-state index in [2.05, 4.69) is 11.8 Å². The van der Waals surface area contributed by atoms with Gasteiger partial charge in [0.1, 0.15) is 10.6 Å². The van der Waals surface area contributed by atoms with Crippen LogP contribution in [0.2, 0.25) is 0 Å². The van der Waals surface area contributed by atoms with E-state index in [0.717, 1.165) is 18.7 Å². The van der Waals surface area contributed by atoms with Crippen molar-refractivity contribution in [2.24, 2.45) is 0 Å². The summed E-state index contributed by atoms with van der Waals surface area (Å²) >= 11 is 0. The van der Waals surface area contributed by atoms with Crippen LogP contribution in [0.25, 0.3) is 0 Å². The fourth-order valence-corrected chi connectivity index (χ4v) is 6.11. The Kier molecular flexibility index (Phi) is 5.36. The smallest absolute Gasteiger partial charge is 0.268 e. The Balaban J connectivity index is 1.83. The lowest BCUT2D eigenvalue weighted by Crippen LogP contribution is -2.49. The highest BCUT2D eigenvalue weighted by Gasteiger charge is 2.37. The number of carbonyl (C=O) groups excluding carboxylic acids is 1. The van der Waals surface area contributed by atoms with Crippen molar-refractivity contribution in [2.75, 3.05) is 40.8 Å². The first kappa shape index (κ1) is 20.5. The molecule has 4 rings (SSSR count). The number of hydrogen-bond donors (Lipinski definition) is 0. The maximum atomic E-state index is 13.8. The number of para-hydroxylation sites is 2. The van der Waals surface area contributed by atoms with Gasteiger partial charge in [0.15, 0.2) is 0 Å². The quantitative estimate of drug-likeness (QED) is 0.730. The van der Waals surface area contributed by atoms with Gasteiger partial charge in [0.25, 0.3) is 10.0 Å². The Bertz CT molecular complexity index is 1070. The van der Waals surface area contributed by atoms with Crippen LogP contribution in [0.4, 0.5) is 17.1 Å². The molecular weight excluding hydrogens is 402 g/mol. The van der Waals surface area contributed by atoms with Gasteiger partial charge >= 0.3 is 0 Å². The summed E-state index contributed by atoms with van der Waals surface area (Å²) in [5.41, 5.74) is 2.14. The van der Waals surface area contributed by atoms with E-state index in [1.807, 2.05) is 31.2 Å². The number of hydrogen-bond acceptors (Lipinski definition) is 5. The fourth-order valence-electron chi connectivity index (χ4n) is 4.38. The molecule has 1 fully saturated rings. The van der Waals surface area contributed by atoms with E-state index in [9.17, 15) is 13.2 Å². The summed E-state index contributed by atoms with van der Waals surface area (Å²) in [4.78, 5) is 16.1. The minimum atomic E-state index is -3.91. The minimum Gasteiger partial charge on any atom is -0.495 e. The van der Waals surface area contributed by atoms with E-state index in [1.165, 1.54) is 11.4 Å². The molecule has 0 N–H and O–H groups in total. The third-order valence-electron chi connectivity index (χ3n) is 5.86. The van der Waals surface area contributed by atoms with Crippen molar-refractivity contribution in [3.63, 3.8) is 0 Å². The SMILES string of the molecule is CCN1c2ccccc2N(S(=O)(=O)c2cc(N3CCCC3=O)ccc2OC)CC1C. The van der Waals surface area contributed by atoms with Crippen LogP contribution in [0.15, 0.2) is 47.4 Å². The van der Waals surface area contributed by atoms with Gasteiger partial charge in [0, 0.05) is 31.2 Å². The molecular formula is C22H27N3O4S. The highest BCUT2D eigenvalue weighted by Crippen LogP contribution is 2.40. The lowest BCUT2D eigenvalue weighted by molar-refractivity contribution is -0.117. The molecule has 2 aromatic carbocycles. The van der Waals surface area contributed by atoms with E-state index in [1.54, 1.807) is 23.1 Å². The average molecular weight is 430 g/mol. The number of nitrogens with zero attached hydrogens (tertiary/aromatic N) is 3. The summed E-state index contributed by atoms with van der Waals surface area (Å²) in [5, 5.41) is 0. The Morgan fingerprint density at radius 1 is 1.13 bits per heavy atom. The van der Waals surface area contributed by atoms with Crippen molar-refractivity contribution >= 4 is 33.0 Å². The number of amides is 1. The molecule has 160 valence electrons. The number of likely N-dealkylation sites (N-methyl/N-ethyl adjacent to an activating group) is 1. The molecule has 1 atom stereocenters. The normalized spacial score (nSPS) is 19.2. The van der Waals surface area contributed by atoms with Gasteiger partial charge in [-0.1, -0.05) is 12.1 Å². The molecule has 8 heteroatoms. The Hall–Kier alpha value is -2.74. The average Bonchev–Trinajstić information content (AvgIpc) is 3.18. The first-order chi connectivity index (χ1) is 14.4. The number of rotatable bonds is 5. The largest absolute Gasteiger partial charge is 0.495 e. The van der Waals surface area contributed by atoms with Crippen LogP contribution >= 0.6 is 0 Å². The molecule has 1 saturated heterocycles. The molecule has 1 unspecified atom stereocenters. The summed E-state index contributed by atoms with van der Waals surface area (Å²) in [6.07, 6.45) is 1.26. The lowest BCUT2D eigenvalue weighted by Gasteiger charge is -2.42.